The molecule has 0 aliphatic rings. The molecule has 0 saturated heterocycles. The number of hydrogen-bond acceptors (Lipinski definition) is 3. The molecule has 0 heterocycles. The molecule has 114 valence electrons. The molecule has 0 amide bonds. The maximum absolute atomic E-state index is 11.3. The molecule has 0 atom stereocenters. The molecular weight excluding hydrogens is 280 g/mol. The molecule has 0 aromatic heterocycles. The molecule has 4 heteroatoms. The number of hydrogen-bond donors (Lipinski definition) is 1. The monoisotopic (exact) mass is 298 g/mol. The van der Waals surface area contributed by atoms with Crippen LogP contribution in [0.25, 0.3) is 0 Å². The van der Waals surface area contributed by atoms with E-state index in [1.807, 2.05) is 30.3 Å². The van der Waals surface area contributed by atoms with Crippen LogP contribution in [-0.2, 0) is 6.61 Å². The van der Waals surface area contributed by atoms with E-state index in [-0.39, 0.29) is 5.56 Å². The van der Waals surface area contributed by atoms with E-state index in [1.54, 1.807) is 18.2 Å². The second kappa shape index (κ2) is 7.88. The number of carbonyl (C=O) groups is 1. The molecule has 0 bridgehead atoms. The SMILES string of the molecule is C=CCCOc1ccc(OCc2ccccc2)cc1C(=O)O. The molecule has 2 rings (SSSR count). The Morgan fingerprint density at radius 1 is 1.14 bits per heavy atom. The van der Waals surface area contributed by atoms with E-state index in [4.69, 9.17) is 9.47 Å². The van der Waals surface area contributed by atoms with Crippen molar-refractivity contribution in [2.75, 3.05) is 6.61 Å². The van der Waals surface area contributed by atoms with Gasteiger partial charge >= 0.3 is 5.97 Å². The number of carboxylic acid groups (broad SMARTS) is 1. The van der Waals surface area contributed by atoms with Gasteiger partial charge in [0, 0.05) is 0 Å². The first-order chi connectivity index (χ1) is 10.7. The van der Waals surface area contributed by atoms with Gasteiger partial charge in [-0.3, -0.25) is 0 Å². The van der Waals surface area contributed by atoms with Gasteiger partial charge in [0.1, 0.15) is 23.7 Å². The highest BCUT2D eigenvalue weighted by molar-refractivity contribution is 5.91. The quantitative estimate of drug-likeness (QED) is 0.593. The van der Waals surface area contributed by atoms with E-state index >= 15 is 0 Å². The fourth-order valence-corrected chi connectivity index (χ4v) is 1.88. The zero-order valence-corrected chi connectivity index (χ0v) is 12.2. The Morgan fingerprint density at radius 3 is 2.59 bits per heavy atom. The molecule has 1 N–H and O–H groups in total. The van der Waals surface area contributed by atoms with Crippen LogP contribution in [0.3, 0.4) is 0 Å². The summed E-state index contributed by atoms with van der Waals surface area (Å²) in [5.74, 6) is -0.211. The van der Waals surface area contributed by atoms with E-state index in [9.17, 15) is 9.90 Å². The second-order valence-electron chi connectivity index (χ2n) is 4.66. The maximum atomic E-state index is 11.3. The van der Waals surface area contributed by atoms with Gasteiger partial charge in [0.2, 0.25) is 0 Å². The standard InChI is InChI=1S/C18H18O4/c1-2-3-11-21-17-10-9-15(12-16(17)18(19)20)22-13-14-7-5-4-6-8-14/h2,4-10,12H,1,3,11,13H2,(H,19,20). The molecular formula is C18H18O4. The van der Waals surface area contributed by atoms with Gasteiger partial charge in [-0.25, -0.2) is 4.79 Å². The van der Waals surface area contributed by atoms with Crippen molar-refractivity contribution in [2.45, 2.75) is 13.0 Å². The number of benzene rings is 2. The van der Waals surface area contributed by atoms with Crippen LogP contribution in [0, 0.1) is 0 Å². The second-order valence-corrected chi connectivity index (χ2v) is 4.66. The van der Waals surface area contributed by atoms with Crippen molar-refractivity contribution in [3.63, 3.8) is 0 Å². The normalized spacial score (nSPS) is 10.0. The van der Waals surface area contributed by atoms with Gasteiger partial charge in [0.25, 0.3) is 0 Å². The van der Waals surface area contributed by atoms with Crippen molar-refractivity contribution in [1.82, 2.24) is 0 Å². The van der Waals surface area contributed by atoms with Crippen LogP contribution in [0.15, 0.2) is 61.2 Å². The lowest BCUT2D eigenvalue weighted by atomic mass is 10.2. The smallest absolute Gasteiger partial charge is 0.339 e. The highest BCUT2D eigenvalue weighted by Gasteiger charge is 2.13. The zero-order chi connectivity index (χ0) is 15.8. The van der Waals surface area contributed by atoms with E-state index in [1.165, 1.54) is 6.07 Å². The van der Waals surface area contributed by atoms with Crippen molar-refractivity contribution in [3.05, 3.63) is 72.3 Å². The summed E-state index contributed by atoms with van der Waals surface area (Å²) in [5, 5.41) is 9.28. The topological polar surface area (TPSA) is 55.8 Å². The Bertz CT molecular complexity index is 635. The van der Waals surface area contributed by atoms with Gasteiger partial charge < -0.3 is 14.6 Å². The molecule has 22 heavy (non-hydrogen) atoms. The van der Waals surface area contributed by atoms with Gasteiger partial charge in [-0.2, -0.15) is 0 Å². The van der Waals surface area contributed by atoms with E-state index in [2.05, 4.69) is 6.58 Å². The van der Waals surface area contributed by atoms with Gasteiger partial charge in [-0.05, 0) is 30.2 Å². The minimum Gasteiger partial charge on any atom is -0.492 e. The van der Waals surface area contributed by atoms with E-state index in [0.29, 0.717) is 31.1 Å². The van der Waals surface area contributed by atoms with Crippen LogP contribution in [0.5, 0.6) is 11.5 Å². The molecule has 2 aromatic carbocycles. The van der Waals surface area contributed by atoms with Crippen LogP contribution < -0.4 is 9.47 Å². The molecule has 0 aliphatic heterocycles. The largest absolute Gasteiger partial charge is 0.492 e. The predicted octanol–water partition coefficient (Wildman–Crippen LogP) is 3.92. The molecule has 0 fully saturated rings. The van der Waals surface area contributed by atoms with Crippen LogP contribution in [0.1, 0.15) is 22.3 Å². The molecule has 0 aliphatic carbocycles. The maximum Gasteiger partial charge on any atom is 0.339 e. The van der Waals surface area contributed by atoms with Gasteiger partial charge in [-0.1, -0.05) is 36.4 Å². The van der Waals surface area contributed by atoms with Gasteiger partial charge in [0.15, 0.2) is 0 Å². The summed E-state index contributed by atoms with van der Waals surface area (Å²) in [5.41, 5.74) is 1.11. The lowest BCUT2D eigenvalue weighted by molar-refractivity contribution is 0.0691. The molecule has 0 saturated carbocycles. The Hall–Kier alpha value is -2.75. The third-order valence-corrected chi connectivity index (χ3v) is 3.01. The molecule has 4 nitrogen and oxygen atoms in total. The van der Waals surface area contributed by atoms with Crippen molar-refractivity contribution in [1.29, 1.82) is 0 Å². The lowest BCUT2D eigenvalue weighted by Crippen LogP contribution is -2.05. The molecule has 0 unspecified atom stereocenters. The number of ether oxygens (including phenoxy) is 2. The zero-order valence-electron chi connectivity index (χ0n) is 12.2. The molecule has 0 radical (unpaired) electrons. The van der Waals surface area contributed by atoms with Crippen molar-refractivity contribution < 1.29 is 19.4 Å². The third-order valence-electron chi connectivity index (χ3n) is 3.01. The summed E-state index contributed by atoms with van der Waals surface area (Å²) in [6.45, 7) is 4.38. The highest BCUT2D eigenvalue weighted by Crippen LogP contribution is 2.25. The molecule has 2 aromatic rings. The first-order valence-electron chi connectivity index (χ1n) is 6.98. The van der Waals surface area contributed by atoms with Crippen molar-refractivity contribution in [3.8, 4) is 11.5 Å². The average Bonchev–Trinajstić information content (AvgIpc) is 2.54. The highest BCUT2D eigenvalue weighted by atomic mass is 16.5. The molecule has 0 spiro atoms. The Kier molecular flexibility index (Phi) is 5.60. The number of carboxylic acids is 1. The number of aromatic carboxylic acids is 1. The summed E-state index contributed by atoms with van der Waals surface area (Å²) in [6, 6.07) is 14.5. The van der Waals surface area contributed by atoms with Crippen LogP contribution >= 0.6 is 0 Å². The average molecular weight is 298 g/mol. The van der Waals surface area contributed by atoms with Crippen molar-refractivity contribution in [2.24, 2.45) is 0 Å². The Morgan fingerprint density at radius 2 is 1.91 bits per heavy atom. The van der Waals surface area contributed by atoms with Crippen LogP contribution in [0.2, 0.25) is 0 Å². The first-order valence-corrected chi connectivity index (χ1v) is 6.98. The number of rotatable bonds is 8. The summed E-state index contributed by atoms with van der Waals surface area (Å²) in [7, 11) is 0. The summed E-state index contributed by atoms with van der Waals surface area (Å²) in [4.78, 5) is 11.3. The first kappa shape index (κ1) is 15.6. The van der Waals surface area contributed by atoms with Crippen LogP contribution in [-0.4, -0.2) is 17.7 Å². The predicted molar refractivity (Wildman–Crippen MR) is 84.5 cm³/mol. The minimum absolute atomic E-state index is 0.0922. The summed E-state index contributed by atoms with van der Waals surface area (Å²) in [6.07, 6.45) is 2.38. The van der Waals surface area contributed by atoms with E-state index in [0.717, 1.165) is 5.56 Å². The Balaban J connectivity index is 2.08. The van der Waals surface area contributed by atoms with Crippen LogP contribution in [0.4, 0.5) is 0 Å². The van der Waals surface area contributed by atoms with Gasteiger partial charge in [0.05, 0.1) is 6.61 Å². The van der Waals surface area contributed by atoms with Crippen molar-refractivity contribution >= 4 is 5.97 Å². The Labute approximate surface area is 129 Å². The fraction of sp³-hybridized carbons (Fsp3) is 0.167. The third kappa shape index (κ3) is 4.38. The van der Waals surface area contributed by atoms with E-state index < -0.39 is 5.97 Å². The minimum atomic E-state index is -1.04. The summed E-state index contributed by atoms with van der Waals surface area (Å²) >= 11 is 0. The van der Waals surface area contributed by atoms with Gasteiger partial charge in [-0.15, -0.1) is 6.58 Å². The summed E-state index contributed by atoms with van der Waals surface area (Å²) < 4.78 is 11.1. The fourth-order valence-electron chi connectivity index (χ4n) is 1.88. The lowest BCUT2D eigenvalue weighted by Gasteiger charge is -2.11.